The van der Waals surface area contributed by atoms with E-state index < -0.39 is 17.6 Å². The smallest absolute Gasteiger partial charge is 0.318 e. The maximum absolute atomic E-state index is 13.5. The number of nitrogens with zero attached hydrogens (tertiary/aromatic N) is 4. The van der Waals surface area contributed by atoms with Crippen LogP contribution in [0.1, 0.15) is 51.5 Å². The number of aliphatic hydroxyl groups excluding tert-OH is 1. The molecule has 4 amide bonds. The van der Waals surface area contributed by atoms with Crippen LogP contribution in [0.4, 0.5) is 10.5 Å². The number of aliphatic hydroxyl groups is 1. The summed E-state index contributed by atoms with van der Waals surface area (Å²) in [5, 5.41) is 22.6. The molecule has 1 aromatic heterocycles. The Hall–Kier alpha value is -4.58. The third kappa shape index (κ3) is 8.23. The summed E-state index contributed by atoms with van der Waals surface area (Å²) < 4.78 is 6.13. The predicted molar refractivity (Wildman–Crippen MR) is 178 cm³/mol. The molecule has 3 fully saturated rings. The molecule has 2 aliphatic heterocycles. The Morgan fingerprint density at radius 1 is 1.04 bits per heavy atom. The number of aromatic amines is 1. The van der Waals surface area contributed by atoms with Gasteiger partial charge >= 0.3 is 6.03 Å². The highest BCUT2D eigenvalue weighted by Gasteiger charge is 2.35. The number of likely N-dealkylation sites (tertiary alicyclic amines) is 1. The minimum absolute atomic E-state index is 0.00187. The average molecular weight is 644 g/mol. The molecule has 0 spiro atoms. The molecule has 12 nitrogen and oxygen atoms in total. The number of amides is 4. The van der Waals surface area contributed by atoms with Crippen LogP contribution < -0.4 is 20.3 Å². The van der Waals surface area contributed by atoms with Crippen LogP contribution in [0.25, 0.3) is 11.1 Å². The van der Waals surface area contributed by atoms with Gasteiger partial charge < -0.3 is 35.2 Å². The van der Waals surface area contributed by atoms with E-state index >= 15 is 0 Å². The molecule has 3 aliphatic rings. The number of benzene rings is 2. The van der Waals surface area contributed by atoms with E-state index in [0.29, 0.717) is 38.3 Å². The van der Waals surface area contributed by atoms with Gasteiger partial charge in [0.25, 0.3) is 5.91 Å². The summed E-state index contributed by atoms with van der Waals surface area (Å²) >= 11 is 0. The fourth-order valence-corrected chi connectivity index (χ4v) is 6.28. The average Bonchev–Trinajstić information content (AvgIpc) is 3.55. The van der Waals surface area contributed by atoms with Gasteiger partial charge in [-0.25, -0.2) is 4.79 Å². The number of piperidine rings is 1. The molecule has 12 heteroatoms. The largest absolute Gasteiger partial charge is 0.478 e. The SMILES string of the molecule is CC(C)(Oc1cccc(N2CCC[C@H](NC(=O)N(Cc3ccc(-c4cn[nH]c4)cc3)C3CC3)C2)c1)C(=O)NCC(=O)N1CC[C@H](O)C1. The van der Waals surface area contributed by atoms with E-state index in [-0.39, 0.29) is 30.6 Å². The Labute approximate surface area is 275 Å². The van der Waals surface area contributed by atoms with Crippen LogP contribution >= 0.6 is 0 Å². The van der Waals surface area contributed by atoms with Crippen LogP contribution in [0.3, 0.4) is 0 Å². The maximum atomic E-state index is 13.5. The lowest BCUT2D eigenvalue weighted by Crippen LogP contribution is -2.52. The number of anilines is 1. The molecule has 4 N–H and O–H groups in total. The zero-order chi connectivity index (χ0) is 33.0. The Morgan fingerprint density at radius 2 is 1.85 bits per heavy atom. The van der Waals surface area contributed by atoms with Crippen LogP contribution in [0.5, 0.6) is 5.75 Å². The Balaban J connectivity index is 1.02. The lowest BCUT2D eigenvalue weighted by Gasteiger charge is -2.36. The fourth-order valence-electron chi connectivity index (χ4n) is 6.28. The van der Waals surface area contributed by atoms with Gasteiger partial charge in [-0.1, -0.05) is 30.3 Å². The van der Waals surface area contributed by atoms with Crippen molar-refractivity contribution < 1.29 is 24.2 Å². The number of β-amino-alcohol motifs (C(OH)–C–C–N with tert-alkyl or cyclic N) is 1. The second-order valence-corrected chi connectivity index (χ2v) is 13.4. The number of urea groups is 1. The number of rotatable bonds is 11. The molecule has 0 unspecified atom stereocenters. The van der Waals surface area contributed by atoms with Crippen molar-refractivity contribution in [3.05, 3.63) is 66.5 Å². The first-order chi connectivity index (χ1) is 22.6. The second kappa shape index (κ2) is 14.0. The van der Waals surface area contributed by atoms with Crippen LogP contribution in [-0.4, -0.2) is 99.5 Å². The number of hydrogen-bond acceptors (Lipinski definition) is 7. The molecular weight excluding hydrogens is 598 g/mol. The van der Waals surface area contributed by atoms with Crippen molar-refractivity contribution in [2.45, 2.75) is 76.3 Å². The van der Waals surface area contributed by atoms with Crippen molar-refractivity contribution in [1.82, 2.24) is 30.6 Å². The van der Waals surface area contributed by atoms with Crippen LogP contribution in [0, 0.1) is 0 Å². The molecule has 2 aromatic carbocycles. The van der Waals surface area contributed by atoms with Gasteiger partial charge in [-0.2, -0.15) is 5.10 Å². The molecule has 2 atom stereocenters. The number of nitrogens with one attached hydrogen (secondary N) is 3. The van der Waals surface area contributed by atoms with E-state index in [4.69, 9.17) is 4.74 Å². The fraction of sp³-hybridized carbons (Fsp3) is 0.486. The highest BCUT2D eigenvalue weighted by molar-refractivity contribution is 5.89. The quantitative estimate of drug-likeness (QED) is 0.251. The molecule has 0 bridgehead atoms. The highest BCUT2D eigenvalue weighted by atomic mass is 16.5. The molecule has 0 radical (unpaired) electrons. The minimum Gasteiger partial charge on any atom is -0.478 e. The zero-order valence-electron chi connectivity index (χ0n) is 27.2. The first-order valence-corrected chi connectivity index (χ1v) is 16.6. The van der Waals surface area contributed by atoms with Gasteiger partial charge in [0.1, 0.15) is 5.75 Å². The van der Waals surface area contributed by atoms with Gasteiger partial charge in [0.05, 0.1) is 18.8 Å². The molecule has 6 rings (SSSR count). The molecule has 1 saturated carbocycles. The summed E-state index contributed by atoms with van der Waals surface area (Å²) in [6.45, 7) is 6.07. The van der Waals surface area contributed by atoms with E-state index in [0.717, 1.165) is 54.6 Å². The number of aromatic nitrogens is 2. The number of ether oxygens (including phenoxy) is 1. The number of H-pyrrole nitrogens is 1. The number of carbonyl (C=O) groups is 3. The maximum Gasteiger partial charge on any atom is 0.318 e. The third-order valence-electron chi connectivity index (χ3n) is 9.15. The summed E-state index contributed by atoms with van der Waals surface area (Å²) in [4.78, 5) is 44.7. The Morgan fingerprint density at radius 3 is 2.55 bits per heavy atom. The molecule has 250 valence electrons. The number of hydrogen-bond donors (Lipinski definition) is 4. The van der Waals surface area contributed by atoms with Crippen molar-refractivity contribution >= 4 is 23.5 Å². The highest BCUT2D eigenvalue weighted by Crippen LogP contribution is 2.30. The minimum atomic E-state index is -1.21. The van der Waals surface area contributed by atoms with Crippen LogP contribution in [-0.2, 0) is 16.1 Å². The lowest BCUT2D eigenvalue weighted by molar-refractivity contribution is -0.138. The molecule has 2 saturated heterocycles. The summed E-state index contributed by atoms with van der Waals surface area (Å²) in [7, 11) is 0. The Kier molecular flexibility index (Phi) is 9.67. The first-order valence-electron chi connectivity index (χ1n) is 16.6. The van der Waals surface area contributed by atoms with Gasteiger partial charge in [0.15, 0.2) is 5.60 Å². The summed E-state index contributed by atoms with van der Waals surface area (Å²) in [5.41, 5.74) is 2.95. The zero-order valence-corrected chi connectivity index (χ0v) is 27.2. The summed E-state index contributed by atoms with van der Waals surface area (Å²) in [5.74, 6) is -0.0767. The standard InChI is InChI=1S/C35H45N7O5/c1-35(2,33(45)36-20-32(44)41-16-14-30(43)23-41)47-31-7-3-6-29(17-31)40-15-4-5-27(22-40)39-34(46)42(28-12-13-28)21-24-8-10-25(11-9-24)26-18-37-38-19-26/h3,6-11,17-19,27-28,30,43H,4-5,12-16,20-23H2,1-2H3,(H,36,45)(H,37,38)(H,39,46)/t27-,30-/m0/s1. The van der Waals surface area contributed by atoms with Crippen molar-refractivity contribution in [1.29, 1.82) is 0 Å². The molecule has 1 aliphatic carbocycles. The topological polar surface area (TPSA) is 143 Å². The van der Waals surface area contributed by atoms with Crippen molar-refractivity contribution in [3.8, 4) is 16.9 Å². The third-order valence-corrected chi connectivity index (χ3v) is 9.15. The molecular formula is C35H45N7O5. The van der Waals surface area contributed by atoms with E-state index in [2.05, 4.69) is 50.0 Å². The van der Waals surface area contributed by atoms with E-state index in [9.17, 15) is 19.5 Å². The second-order valence-electron chi connectivity index (χ2n) is 13.4. The van der Waals surface area contributed by atoms with E-state index in [1.165, 1.54) is 0 Å². The van der Waals surface area contributed by atoms with Gasteiger partial charge in [0, 0.05) is 68.3 Å². The van der Waals surface area contributed by atoms with Gasteiger partial charge in [-0.3, -0.25) is 14.7 Å². The van der Waals surface area contributed by atoms with E-state index in [1.54, 1.807) is 24.9 Å². The predicted octanol–water partition coefficient (Wildman–Crippen LogP) is 3.29. The summed E-state index contributed by atoms with van der Waals surface area (Å²) in [6, 6.07) is 16.2. The molecule has 3 aromatic rings. The van der Waals surface area contributed by atoms with Crippen molar-refractivity contribution in [2.24, 2.45) is 0 Å². The normalized spacial score (nSPS) is 19.7. The van der Waals surface area contributed by atoms with Crippen molar-refractivity contribution in [2.75, 3.05) is 37.6 Å². The molecule has 3 heterocycles. The Bertz CT molecular complexity index is 1540. The van der Waals surface area contributed by atoms with Crippen LogP contribution in [0.2, 0.25) is 0 Å². The lowest BCUT2D eigenvalue weighted by atomic mass is 10.0. The van der Waals surface area contributed by atoms with Gasteiger partial charge in [0.2, 0.25) is 5.91 Å². The van der Waals surface area contributed by atoms with Crippen LogP contribution in [0.15, 0.2) is 60.9 Å². The van der Waals surface area contributed by atoms with Crippen molar-refractivity contribution in [3.63, 3.8) is 0 Å². The first kappa shape index (κ1) is 32.4. The van der Waals surface area contributed by atoms with Gasteiger partial charge in [-0.05, 0) is 69.2 Å². The summed E-state index contributed by atoms with van der Waals surface area (Å²) in [6.07, 6.45) is 7.60. The monoisotopic (exact) mass is 643 g/mol. The van der Waals surface area contributed by atoms with Gasteiger partial charge in [-0.15, -0.1) is 0 Å². The van der Waals surface area contributed by atoms with E-state index in [1.807, 2.05) is 35.4 Å². The molecule has 47 heavy (non-hydrogen) atoms. The number of carbonyl (C=O) groups excluding carboxylic acids is 3.